The van der Waals surface area contributed by atoms with Crippen molar-refractivity contribution >= 4 is 11.6 Å². The Labute approximate surface area is 252 Å². The summed E-state index contributed by atoms with van der Waals surface area (Å²) in [7, 11) is 0. The number of rotatable bonds is 5. The molecule has 0 bridgehead atoms. The van der Waals surface area contributed by atoms with Crippen molar-refractivity contribution in [2.24, 2.45) is 81.3 Å². The lowest BCUT2D eigenvalue weighted by molar-refractivity contribution is -0.275. The summed E-state index contributed by atoms with van der Waals surface area (Å²) in [6, 6.07) is 0. The maximum Gasteiger partial charge on any atom is 0.150 e. The van der Waals surface area contributed by atoms with Crippen LogP contribution in [0.5, 0.6) is 0 Å². The third-order valence-corrected chi connectivity index (χ3v) is 15.8. The van der Waals surface area contributed by atoms with Gasteiger partial charge in [-0.3, -0.25) is 9.59 Å². The molecule has 0 heterocycles. The smallest absolute Gasteiger partial charge is 0.150 e. The standard InChI is InChI=1S/C38H62O3/c1-21(28-14-12-11-13-15-28)16-17-29-18-19-30-24(4)37(9)27(7)36(8)20-22(2)31(26(6)39)35(41)38(36,10)25(5)33(37)34(40)32(30)23(29)3/h14,21-25,27,29-34,40H,11-13,15-20H2,1-10H3. The average molecular weight is 567 g/mol. The molecule has 1 N–H and O–H groups in total. The molecule has 0 aliphatic heterocycles. The summed E-state index contributed by atoms with van der Waals surface area (Å²) >= 11 is 0. The summed E-state index contributed by atoms with van der Waals surface area (Å²) in [5.41, 5.74) is 0.865. The van der Waals surface area contributed by atoms with E-state index in [1.165, 1.54) is 51.4 Å². The minimum absolute atomic E-state index is 0.0264. The Morgan fingerprint density at radius 1 is 1.05 bits per heavy atom. The third kappa shape index (κ3) is 4.34. The van der Waals surface area contributed by atoms with Crippen molar-refractivity contribution in [2.75, 3.05) is 0 Å². The Morgan fingerprint density at radius 2 is 1.73 bits per heavy atom. The normalized spacial score (nSPS) is 52.5. The van der Waals surface area contributed by atoms with Crippen LogP contribution in [0.2, 0.25) is 0 Å². The topological polar surface area (TPSA) is 54.4 Å². The molecule has 0 spiro atoms. The Morgan fingerprint density at radius 3 is 2.34 bits per heavy atom. The fourth-order valence-corrected chi connectivity index (χ4v) is 12.8. The number of hydrogen-bond donors (Lipinski definition) is 1. The molecule has 15 unspecified atom stereocenters. The molecule has 5 aliphatic carbocycles. The van der Waals surface area contributed by atoms with Gasteiger partial charge in [0.05, 0.1) is 12.0 Å². The van der Waals surface area contributed by atoms with Crippen LogP contribution in [0.15, 0.2) is 11.6 Å². The van der Waals surface area contributed by atoms with Gasteiger partial charge in [0, 0.05) is 5.41 Å². The van der Waals surface area contributed by atoms with Crippen LogP contribution in [0.4, 0.5) is 0 Å². The number of carbonyl (C=O) groups excluding carboxylic acids is 2. The monoisotopic (exact) mass is 566 g/mol. The fourth-order valence-electron chi connectivity index (χ4n) is 12.8. The molecular formula is C38H62O3. The van der Waals surface area contributed by atoms with Gasteiger partial charge >= 0.3 is 0 Å². The molecule has 0 amide bonds. The van der Waals surface area contributed by atoms with Crippen LogP contribution < -0.4 is 0 Å². The van der Waals surface area contributed by atoms with E-state index in [-0.39, 0.29) is 46.3 Å². The van der Waals surface area contributed by atoms with Crippen molar-refractivity contribution in [3.63, 3.8) is 0 Å². The second-order valence-corrected chi connectivity index (χ2v) is 16.9. The van der Waals surface area contributed by atoms with Gasteiger partial charge < -0.3 is 5.11 Å². The highest BCUT2D eigenvalue weighted by atomic mass is 16.3. The molecule has 5 rings (SSSR count). The summed E-state index contributed by atoms with van der Waals surface area (Å²) in [6.07, 6.45) is 13.4. The van der Waals surface area contributed by atoms with Crippen LogP contribution in [0.1, 0.15) is 127 Å². The van der Waals surface area contributed by atoms with E-state index < -0.39 is 11.3 Å². The van der Waals surface area contributed by atoms with Gasteiger partial charge in [-0.1, -0.05) is 74.0 Å². The van der Waals surface area contributed by atoms with Gasteiger partial charge in [0.2, 0.25) is 0 Å². The molecular weight excluding hydrogens is 504 g/mol. The van der Waals surface area contributed by atoms with E-state index in [9.17, 15) is 14.7 Å². The van der Waals surface area contributed by atoms with Gasteiger partial charge in [0.25, 0.3) is 0 Å². The van der Waals surface area contributed by atoms with Crippen molar-refractivity contribution in [3.8, 4) is 0 Å². The van der Waals surface area contributed by atoms with Crippen molar-refractivity contribution in [1.29, 1.82) is 0 Å². The highest BCUT2D eigenvalue weighted by Gasteiger charge is 2.74. The van der Waals surface area contributed by atoms with Gasteiger partial charge in [0.15, 0.2) is 0 Å². The van der Waals surface area contributed by atoms with Gasteiger partial charge in [0.1, 0.15) is 11.6 Å². The Balaban J connectivity index is 1.45. The largest absolute Gasteiger partial charge is 0.392 e. The maximum absolute atomic E-state index is 14.4. The fraction of sp³-hybridized carbons (Fsp3) is 0.895. The lowest BCUT2D eigenvalue weighted by Gasteiger charge is -2.74. The van der Waals surface area contributed by atoms with Crippen molar-refractivity contribution in [1.82, 2.24) is 0 Å². The minimum atomic E-state index is -0.604. The number of allylic oxidation sites excluding steroid dienone is 2. The molecule has 0 radical (unpaired) electrons. The molecule has 15 atom stereocenters. The summed E-state index contributed by atoms with van der Waals surface area (Å²) in [4.78, 5) is 27.2. The highest BCUT2D eigenvalue weighted by Crippen LogP contribution is 2.75. The predicted octanol–water partition coefficient (Wildman–Crippen LogP) is 8.93. The molecule has 0 saturated heterocycles. The molecule has 0 aromatic carbocycles. The lowest BCUT2D eigenvalue weighted by atomic mass is 9.30. The van der Waals surface area contributed by atoms with Gasteiger partial charge in [-0.2, -0.15) is 0 Å². The first-order valence-electron chi connectivity index (χ1n) is 17.6. The van der Waals surface area contributed by atoms with Crippen LogP contribution in [-0.4, -0.2) is 22.8 Å². The lowest BCUT2D eigenvalue weighted by Crippen LogP contribution is -2.73. The number of Topliss-reactive ketones (excluding diaryl/α,β-unsaturated/α-hetero) is 2. The zero-order chi connectivity index (χ0) is 30.2. The van der Waals surface area contributed by atoms with E-state index >= 15 is 0 Å². The van der Waals surface area contributed by atoms with Crippen LogP contribution in [0.3, 0.4) is 0 Å². The summed E-state index contributed by atoms with van der Waals surface area (Å²) in [5, 5.41) is 12.6. The van der Waals surface area contributed by atoms with Crippen LogP contribution in [-0.2, 0) is 9.59 Å². The van der Waals surface area contributed by atoms with Gasteiger partial charge in [-0.05, 0) is 135 Å². The highest BCUT2D eigenvalue weighted by molar-refractivity contribution is 6.05. The number of aliphatic hydroxyl groups excluding tert-OH is 1. The number of carbonyl (C=O) groups is 2. The first kappa shape index (κ1) is 31.5. The number of aliphatic hydroxyl groups is 1. The zero-order valence-electron chi connectivity index (χ0n) is 28.1. The Bertz CT molecular complexity index is 1060. The van der Waals surface area contributed by atoms with E-state index in [4.69, 9.17) is 0 Å². The Hall–Kier alpha value is -0.960. The molecule has 232 valence electrons. The molecule has 5 aliphatic rings. The summed E-state index contributed by atoms with van der Waals surface area (Å²) in [6.45, 7) is 22.9. The molecule has 0 aromatic rings. The van der Waals surface area contributed by atoms with Crippen molar-refractivity contribution < 1.29 is 14.7 Å². The molecule has 4 saturated carbocycles. The average Bonchev–Trinajstić information content (AvgIpc) is 2.92. The number of hydrogen-bond acceptors (Lipinski definition) is 3. The number of fused-ring (bicyclic) bond motifs is 3. The maximum atomic E-state index is 14.4. The predicted molar refractivity (Wildman–Crippen MR) is 168 cm³/mol. The van der Waals surface area contributed by atoms with Crippen LogP contribution in [0.25, 0.3) is 0 Å². The van der Waals surface area contributed by atoms with Crippen molar-refractivity contribution in [3.05, 3.63) is 11.6 Å². The van der Waals surface area contributed by atoms with E-state index in [1.807, 2.05) is 0 Å². The quantitative estimate of drug-likeness (QED) is 0.267. The van der Waals surface area contributed by atoms with Gasteiger partial charge in [-0.25, -0.2) is 0 Å². The minimum Gasteiger partial charge on any atom is -0.392 e. The molecule has 3 nitrogen and oxygen atoms in total. The van der Waals surface area contributed by atoms with Crippen molar-refractivity contribution in [2.45, 2.75) is 133 Å². The van der Waals surface area contributed by atoms with Crippen LogP contribution in [0, 0.1) is 81.3 Å². The molecule has 41 heavy (non-hydrogen) atoms. The van der Waals surface area contributed by atoms with E-state index in [0.717, 1.165) is 6.42 Å². The van der Waals surface area contributed by atoms with E-state index in [0.29, 0.717) is 41.4 Å². The number of ketones is 2. The van der Waals surface area contributed by atoms with Crippen LogP contribution >= 0.6 is 0 Å². The zero-order valence-corrected chi connectivity index (χ0v) is 28.1. The first-order valence-corrected chi connectivity index (χ1v) is 17.6. The van der Waals surface area contributed by atoms with E-state index in [1.54, 1.807) is 12.5 Å². The molecule has 3 heteroatoms. The second-order valence-electron chi connectivity index (χ2n) is 16.9. The Kier molecular flexibility index (Phi) is 8.35. The first-order chi connectivity index (χ1) is 19.1. The summed E-state index contributed by atoms with van der Waals surface area (Å²) < 4.78 is 0. The van der Waals surface area contributed by atoms with E-state index in [2.05, 4.69) is 68.4 Å². The molecule has 4 fully saturated rings. The second kappa shape index (κ2) is 10.9. The molecule has 0 aromatic heterocycles. The SMILES string of the molecule is CC(=O)C1C(=O)C2(C)C(C)C3C(O)C4C(C)C(CCC(C)C5=CCCCC5)CCC4C(C)C3(C)C(C)C2(C)CC1C. The van der Waals surface area contributed by atoms with Gasteiger partial charge in [-0.15, -0.1) is 0 Å². The summed E-state index contributed by atoms with van der Waals surface area (Å²) in [5.74, 6) is 3.37. The third-order valence-electron chi connectivity index (χ3n) is 15.8.